The SMILES string of the molecule is CC(=O)Nc1ccc(O)cc1.[H+]. The molecule has 0 bridgehead atoms. The molecule has 0 radical (unpaired) electrons. The Bertz CT molecular complexity index is 258. The number of aromatic hydroxyl groups is 1. The molecule has 0 fully saturated rings. The average molecular weight is 152 g/mol. The van der Waals surface area contributed by atoms with Crippen LogP contribution in [0.5, 0.6) is 5.75 Å². The van der Waals surface area contributed by atoms with Crippen molar-refractivity contribution in [2.75, 3.05) is 5.32 Å². The lowest BCUT2D eigenvalue weighted by atomic mass is 10.3. The van der Waals surface area contributed by atoms with Gasteiger partial charge in [0, 0.05) is 12.6 Å². The van der Waals surface area contributed by atoms with Gasteiger partial charge in [-0.3, -0.25) is 4.79 Å². The second-order valence-electron chi connectivity index (χ2n) is 2.23. The first-order valence-corrected chi connectivity index (χ1v) is 3.25. The van der Waals surface area contributed by atoms with Crippen LogP contribution < -0.4 is 5.32 Å². The summed E-state index contributed by atoms with van der Waals surface area (Å²) in [6.07, 6.45) is 0. The molecule has 0 heterocycles. The summed E-state index contributed by atoms with van der Waals surface area (Å²) in [5, 5.41) is 11.5. The van der Waals surface area contributed by atoms with Crippen molar-refractivity contribution in [2.24, 2.45) is 0 Å². The van der Waals surface area contributed by atoms with Crippen LogP contribution in [0, 0.1) is 0 Å². The van der Waals surface area contributed by atoms with Crippen molar-refractivity contribution in [1.29, 1.82) is 0 Å². The minimum atomic E-state index is -0.115. The molecule has 0 saturated carbocycles. The fraction of sp³-hybridized carbons (Fsp3) is 0.125. The number of phenols is 1. The molecule has 1 rings (SSSR count). The number of nitrogens with one attached hydrogen (secondary N) is 1. The van der Waals surface area contributed by atoms with Crippen molar-refractivity contribution in [3.8, 4) is 5.75 Å². The minimum Gasteiger partial charge on any atom is -0.508 e. The molecule has 1 amide bonds. The number of hydrogen-bond acceptors (Lipinski definition) is 2. The Morgan fingerprint density at radius 1 is 1.45 bits per heavy atom. The zero-order chi connectivity index (χ0) is 8.27. The minimum absolute atomic E-state index is 0. The second-order valence-corrected chi connectivity index (χ2v) is 2.23. The standard InChI is InChI=1S/C8H9NO2/c1-6(10)9-7-2-4-8(11)5-3-7/h2-5,11H,1H3,(H,9,10)/p+1. The third kappa shape index (κ3) is 2.29. The highest BCUT2D eigenvalue weighted by Gasteiger charge is 1.93. The van der Waals surface area contributed by atoms with Gasteiger partial charge in [0.2, 0.25) is 5.91 Å². The topological polar surface area (TPSA) is 49.3 Å². The van der Waals surface area contributed by atoms with Gasteiger partial charge in [-0.15, -0.1) is 0 Å². The lowest BCUT2D eigenvalue weighted by Gasteiger charge is -1.99. The highest BCUT2D eigenvalue weighted by Crippen LogP contribution is 2.13. The van der Waals surface area contributed by atoms with E-state index in [9.17, 15) is 4.79 Å². The molecular weight excluding hydrogens is 142 g/mol. The highest BCUT2D eigenvalue weighted by molar-refractivity contribution is 5.88. The van der Waals surface area contributed by atoms with E-state index in [1.807, 2.05) is 0 Å². The Morgan fingerprint density at radius 2 is 2.00 bits per heavy atom. The lowest BCUT2D eigenvalue weighted by Crippen LogP contribution is -2.04. The molecule has 2 N–H and O–H groups in total. The molecule has 0 aliphatic heterocycles. The zero-order valence-corrected chi connectivity index (χ0v) is 6.16. The zero-order valence-electron chi connectivity index (χ0n) is 7.16. The van der Waals surface area contributed by atoms with Crippen LogP contribution in [-0.4, -0.2) is 11.0 Å². The van der Waals surface area contributed by atoms with Crippen LogP contribution in [0.25, 0.3) is 0 Å². The van der Waals surface area contributed by atoms with Crippen LogP contribution in [0.4, 0.5) is 5.69 Å². The molecule has 1 aromatic rings. The molecule has 0 atom stereocenters. The van der Waals surface area contributed by atoms with Crippen molar-refractivity contribution in [3.05, 3.63) is 24.3 Å². The van der Waals surface area contributed by atoms with Gasteiger partial charge in [0.15, 0.2) is 0 Å². The van der Waals surface area contributed by atoms with Gasteiger partial charge in [-0.2, -0.15) is 0 Å². The van der Waals surface area contributed by atoms with Crippen molar-refractivity contribution in [1.82, 2.24) is 0 Å². The highest BCUT2D eigenvalue weighted by atomic mass is 16.3. The Morgan fingerprint density at radius 3 is 2.45 bits per heavy atom. The van der Waals surface area contributed by atoms with Gasteiger partial charge in [-0.25, -0.2) is 0 Å². The summed E-state index contributed by atoms with van der Waals surface area (Å²) in [4.78, 5) is 10.5. The largest absolute Gasteiger partial charge is 1.00 e. The number of carbonyl (C=O) groups excluding carboxylic acids is 1. The summed E-state index contributed by atoms with van der Waals surface area (Å²) in [7, 11) is 0. The average Bonchev–Trinajstić information content (AvgIpc) is 1.93. The van der Waals surface area contributed by atoms with Crippen molar-refractivity contribution >= 4 is 11.6 Å². The van der Waals surface area contributed by atoms with Crippen LogP contribution in [0.15, 0.2) is 24.3 Å². The molecular formula is C8H10NO2+. The first-order chi connectivity index (χ1) is 5.18. The molecule has 3 nitrogen and oxygen atoms in total. The van der Waals surface area contributed by atoms with Crippen LogP contribution in [0.3, 0.4) is 0 Å². The molecule has 0 spiro atoms. The molecule has 0 aliphatic carbocycles. The molecule has 0 unspecified atom stereocenters. The number of hydrogen-bond donors (Lipinski definition) is 2. The number of benzene rings is 1. The van der Waals surface area contributed by atoms with Crippen molar-refractivity contribution < 1.29 is 11.3 Å². The van der Waals surface area contributed by atoms with Gasteiger partial charge in [-0.1, -0.05) is 0 Å². The van der Waals surface area contributed by atoms with E-state index in [4.69, 9.17) is 5.11 Å². The Labute approximate surface area is 66.2 Å². The van der Waals surface area contributed by atoms with Gasteiger partial charge in [0.05, 0.1) is 0 Å². The van der Waals surface area contributed by atoms with E-state index in [-0.39, 0.29) is 13.1 Å². The van der Waals surface area contributed by atoms with Gasteiger partial charge in [0.25, 0.3) is 0 Å². The van der Waals surface area contributed by atoms with Crippen LogP contribution in [-0.2, 0) is 4.79 Å². The van der Waals surface area contributed by atoms with E-state index in [1.54, 1.807) is 12.1 Å². The third-order valence-electron chi connectivity index (χ3n) is 1.19. The Kier molecular flexibility index (Phi) is 2.11. The van der Waals surface area contributed by atoms with E-state index in [2.05, 4.69) is 5.32 Å². The van der Waals surface area contributed by atoms with E-state index in [1.165, 1.54) is 19.1 Å². The summed E-state index contributed by atoms with van der Waals surface area (Å²) in [5.41, 5.74) is 0.690. The molecule has 0 aromatic heterocycles. The number of phenolic OH excluding ortho intramolecular Hbond substituents is 1. The lowest BCUT2D eigenvalue weighted by molar-refractivity contribution is -0.114. The first-order valence-electron chi connectivity index (χ1n) is 3.25. The normalized spacial score (nSPS) is 9.18. The number of rotatable bonds is 1. The van der Waals surface area contributed by atoms with Crippen molar-refractivity contribution in [3.63, 3.8) is 0 Å². The number of anilines is 1. The second kappa shape index (κ2) is 3.05. The first kappa shape index (κ1) is 7.60. The Hall–Kier alpha value is -1.51. The molecule has 58 valence electrons. The maximum atomic E-state index is 10.5. The smallest absolute Gasteiger partial charge is 0.508 e. The number of amides is 1. The summed E-state index contributed by atoms with van der Waals surface area (Å²) in [6, 6.07) is 6.31. The molecule has 0 saturated heterocycles. The Balaban J connectivity index is 0.00000121. The van der Waals surface area contributed by atoms with E-state index in [0.717, 1.165) is 0 Å². The maximum Gasteiger partial charge on any atom is 1.00 e. The summed E-state index contributed by atoms with van der Waals surface area (Å²) in [6.45, 7) is 1.44. The quantitative estimate of drug-likeness (QED) is 0.598. The number of carbonyl (C=O) groups is 1. The summed E-state index contributed by atoms with van der Waals surface area (Å²) >= 11 is 0. The van der Waals surface area contributed by atoms with E-state index < -0.39 is 0 Å². The van der Waals surface area contributed by atoms with Gasteiger partial charge >= 0.3 is 1.43 Å². The van der Waals surface area contributed by atoms with Crippen LogP contribution >= 0.6 is 0 Å². The molecule has 11 heavy (non-hydrogen) atoms. The summed E-state index contributed by atoms with van der Waals surface area (Å²) < 4.78 is 0. The van der Waals surface area contributed by atoms with Crippen molar-refractivity contribution in [2.45, 2.75) is 6.92 Å². The third-order valence-corrected chi connectivity index (χ3v) is 1.19. The maximum absolute atomic E-state index is 10.5. The predicted molar refractivity (Wildman–Crippen MR) is 43.5 cm³/mol. The monoisotopic (exact) mass is 152 g/mol. The summed E-state index contributed by atoms with van der Waals surface area (Å²) in [5.74, 6) is 0.0785. The van der Waals surface area contributed by atoms with Gasteiger partial charge in [-0.05, 0) is 24.3 Å². The van der Waals surface area contributed by atoms with Crippen LogP contribution in [0.1, 0.15) is 8.35 Å². The molecule has 1 aromatic carbocycles. The van der Waals surface area contributed by atoms with Gasteiger partial charge < -0.3 is 10.4 Å². The van der Waals surface area contributed by atoms with Crippen LogP contribution in [0.2, 0.25) is 0 Å². The molecule has 0 aliphatic rings. The fourth-order valence-corrected chi connectivity index (χ4v) is 0.748. The predicted octanol–water partition coefficient (Wildman–Crippen LogP) is 1.46. The molecule has 3 heteroatoms. The van der Waals surface area contributed by atoms with E-state index >= 15 is 0 Å². The van der Waals surface area contributed by atoms with Gasteiger partial charge in [0.1, 0.15) is 5.75 Å². The fourth-order valence-electron chi connectivity index (χ4n) is 0.748. The van der Waals surface area contributed by atoms with E-state index in [0.29, 0.717) is 5.69 Å².